The van der Waals surface area contributed by atoms with E-state index >= 15 is 0 Å². The van der Waals surface area contributed by atoms with Crippen molar-refractivity contribution in [1.82, 2.24) is 4.90 Å². The third kappa shape index (κ3) is 2.63. The number of hydrogen-bond acceptors (Lipinski definition) is 3. The van der Waals surface area contributed by atoms with Crippen molar-refractivity contribution in [1.29, 1.82) is 0 Å². The lowest BCUT2D eigenvalue weighted by Crippen LogP contribution is -2.35. The van der Waals surface area contributed by atoms with E-state index in [1.54, 1.807) is 19.0 Å². The molecular weight excluding hydrogens is 240 g/mol. The number of furan rings is 1. The van der Waals surface area contributed by atoms with Gasteiger partial charge in [-0.15, -0.1) is 0 Å². The van der Waals surface area contributed by atoms with Crippen molar-refractivity contribution in [3.8, 4) is 0 Å². The zero-order valence-electron chi connectivity index (χ0n) is 11.6. The minimum absolute atomic E-state index is 0.0622. The predicted molar refractivity (Wildman–Crippen MR) is 75.9 cm³/mol. The van der Waals surface area contributed by atoms with Crippen molar-refractivity contribution in [3.05, 3.63) is 35.6 Å². The highest BCUT2D eigenvalue weighted by atomic mass is 16.3. The second-order valence-corrected chi connectivity index (χ2v) is 5.00. The average molecular weight is 260 g/mol. The van der Waals surface area contributed by atoms with Crippen molar-refractivity contribution in [2.75, 3.05) is 20.6 Å². The third-order valence-corrected chi connectivity index (χ3v) is 3.43. The van der Waals surface area contributed by atoms with Gasteiger partial charge in [0.05, 0.1) is 5.92 Å². The summed E-state index contributed by atoms with van der Waals surface area (Å²) in [4.78, 5) is 13.7. The normalized spacial score (nSPS) is 12.6. The molecule has 0 aliphatic rings. The van der Waals surface area contributed by atoms with Gasteiger partial charge >= 0.3 is 0 Å². The molecule has 1 heterocycles. The summed E-state index contributed by atoms with van der Waals surface area (Å²) in [5.74, 6) is 0.730. The van der Waals surface area contributed by atoms with Gasteiger partial charge in [-0.05, 0) is 19.4 Å². The van der Waals surface area contributed by atoms with E-state index in [4.69, 9.17) is 10.2 Å². The molecule has 1 amide bonds. The van der Waals surface area contributed by atoms with Crippen LogP contribution in [-0.2, 0) is 11.2 Å². The molecule has 1 aromatic carbocycles. The topological polar surface area (TPSA) is 59.5 Å². The Balaban J connectivity index is 2.34. The van der Waals surface area contributed by atoms with E-state index in [2.05, 4.69) is 0 Å². The average Bonchev–Trinajstić information content (AvgIpc) is 2.71. The molecule has 0 aliphatic carbocycles. The van der Waals surface area contributed by atoms with E-state index in [0.717, 1.165) is 22.3 Å². The fourth-order valence-corrected chi connectivity index (χ4v) is 2.36. The molecule has 4 nitrogen and oxygen atoms in total. The lowest BCUT2D eigenvalue weighted by atomic mass is 9.96. The van der Waals surface area contributed by atoms with Gasteiger partial charge in [-0.2, -0.15) is 0 Å². The van der Waals surface area contributed by atoms with Gasteiger partial charge in [0.1, 0.15) is 11.3 Å². The molecule has 0 radical (unpaired) electrons. The number of nitrogens with zero attached hydrogens (tertiary/aromatic N) is 1. The number of hydrogen-bond donors (Lipinski definition) is 1. The quantitative estimate of drug-likeness (QED) is 0.914. The monoisotopic (exact) mass is 260 g/mol. The minimum Gasteiger partial charge on any atom is -0.461 e. The number of amides is 1. The summed E-state index contributed by atoms with van der Waals surface area (Å²) in [5.41, 5.74) is 7.69. The van der Waals surface area contributed by atoms with Crippen molar-refractivity contribution < 1.29 is 9.21 Å². The largest absolute Gasteiger partial charge is 0.461 e. The third-order valence-electron chi connectivity index (χ3n) is 3.43. The predicted octanol–water partition coefficient (Wildman–Crippen LogP) is 1.95. The second kappa shape index (κ2) is 5.45. The molecule has 2 N–H and O–H groups in total. The van der Waals surface area contributed by atoms with E-state index in [0.29, 0.717) is 13.0 Å². The SMILES string of the molecule is Cc1oc2ccccc2c1CC(CN)C(=O)N(C)C. The van der Waals surface area contributed by atoms with Gasteiger partial charge in [0.25, 0.3) is 0 Å². The molecule has 0 spiro atoms. The highest BCUT2D eigenvalue weighted by Crippen LogP contribution is 2.27. The maximum absolute atomic E-state index is 12.1. The first kappa shape index (κ1) is 13.6. The highest BCUT2D eigenvalue weighted by molar-refractivity contribution is 5.84. The van der Waals surface area contributed by atoms with Gasteiger partial charge in [0, 0.05) is 31.6 Å². The number of carbonyl (C=O) groups excluding carboxylic acids is 1. The highest BCUT2D eigenvalue weighted by Gasteiger charge is 2.22. The lowest BCUT2D eigenvalue weighted by molar-refractivity contribution is -0.132. The molecule has 0 aliphatic heterocycles. The standard InChI is InChI=1S/C15H20N2O2/c1-10-13(8-11(9-16)15(18)17(2)3)12-6-4-5-7-14(12)19-10/h4-7,11H,8-9,16H2,1-3H3. The van der Waals surface area contributed by atoms with Crippen LogP contribution in [0, 0.1) is 12.8 Å². The lowest BCUT2D eigenvalue weighted by Gasteiger charge is -2.18. The minimum atomic E-state index is -0.199. The Bertz CT molecular complexity index is 587. The van der Waals surface area contributed by atoms with Gasteiger partial charge < -0.3 is 15.1 Å². The van der Waals surface area contributed by atoms with E-state index in [-0.39, 0.29) is 11.8 Å². The van der Waals surface area contributed by atoms with Crippen LogP contribution in [-0.4, -0.2) is 31.4 Å². The van der Waals surface area contributed by atoms with Gasteiger partial charge in [-0.1, -0.05) is 18.2 Å². The summed E-state index contributed by atoms with van der Waals surface area (Å²) in [6, 6.07) is 7.89. The summed E-state index contributed by atoms with van der Waals surface area (Å²) in [7, 11) is 3.51. The van der Waals surface area contributed by atoms with E-state index in [1.807, 2.05) is 31.2 Å². The maximum atomic E-state index is 12.1. The number of para-hydroxylation sites is 1. The number of aryl methyl sites for hydroxylation is 1. The molecule has 19 heavy (non-hydrogen) atoms. The summed E-state index contributed by atoms with van der Waals surface area (Å²) in [6.07, 6.45) is 0.621. The van der Waals surface area contributed by atoms with E-state index < -0.39 is 0 Å². The van der Waals surface area contributed by atoms with Crippen LogP contribution in [0.3, 0.4) is 0 Å². The Morgan fingerprint density at radius 1 is 1.37 bits per heavy atom. The Morgan fingerprint density at radius 3 is 2.68 bits per heavy atom. The van der Waals surface area contributed by atoms with Gasteiger partial charge in [0.15, 0.2) is 0 Å². The van der Waals surface area contributed by atoms with Crippen LogP contribution >= 0.6 is 0 Å². The summed E-state index contributed by atoms with van der Waals surface area (Å²) < 4.78 is 5.72. The van der Waals surface area contributed by atoms with Crippen LogP contribution in [0.4, 0.5) is 0 Å². The maximum Gasteiger partial charge on any atom is 0.226 e. The van der Waals surface area contributed by atoms with Crippen molar-refractivity contribution in [3.63, 3.8) is 0 Å². The Labute approximate surface area is 113 Å². The molecule has 0 saturated heterocycles. The molecule has 1 unspecified atom stereocenters. The zero-order chi connectivity index (χ0) is 14.0. The van der Waals surface area contributed by atoms with Crippen LogP contribution < -0.4 is 5.73 Å². The molecule has 4 heteroatoms. The summed E-state index contributed by atoms with van der Waals surface area (Å²) in [6.45, 7) is 2.28. The van der Waals surface area contributed by atoms with Crippen LogP contribution in [0.2, 0.25) is 0 Å². The number of carbonyl (C=O) groups is 1. The smallest absolute Gasteiger partial charge is 0.226 e. The zero-order valence-corrected chi connectivity index (χ0v) is 11.6. The molecule has 2 aromatic rings. The molecule has 0 fully saturated rings. The van der Waals surface area contributed by atoms with Gasteiger partial charge in [-0.25, -0.2) is 0 Å². The fourth-order valence-electron chi connectivity index (χ4n) is 2.36. The van der Waals surface area contributed by atoms with Crippen LogP contribution in [0.5, 0.6) is 0 Å². The van der Waals surface area contributed by atoms with E-state index in [9.17, 15) is 4.79 Å². The van der Waals surface area contributed by atoms with E-state index in [1.165, 1.54) is 0 Å². The molecule has 102 valence electrons. The van der Waals surface area contributed by atoms with Gasteiger partial charge in [0.2, 0.25) is 5.91 Å². The Morgan fingerprint density at radius 2 is 2.05 bits per heavy atom. The van der Waals surface area contributed by atoms with Crippen molar-refractivity contribution in [2.45, 2.75) is 13.3 Å². The molecule has 0 bridgehead atoms. The molecule has 0 saturated carbocycles. The number of fused-ring (bicyclic) bond motifs is 1. The van der Waals surface area contributed by atoms with Gasteiger partial charge in [-0.3, -0.25) is 4.79 Å². The van der Waals surface area contributed by atoms with Crippen LogP contribution in [0.1, 0.15) is 11.3 Å². The first-order valence-corrected chi connectivity index (χ1v) is 6.42. The Hall–Kier alpha value is -1.81. The van der Waals surface area contributed by atoms with Crippen LogP contribution in [0.15, 0.2) is 28.7 Å². The fraction of sp³-hybridized carbons (Fsp3) is 0.400. The molecular formula is C15H20N2O2. The molecule has 1 aromatic heterocycles. The molecule has 1 atom stereocenters. The van der Waals surface area contributed by atoms with Crippen molar-refractivity contribution >= 4 is 16.9 Å². The molecule has 2 rings (SSSR count). The Kier molecular flexibility index (Phi) is 3.90. The number of nitrogens with two attached hydrogens (primary N) is 1. The second-order valence-electron chi connectivity index (χ2n) is 5.00. The number of rotatable bonds is 4. The van der Waals surface area contributed by atoms with Crippen molar-refractivity contribution in [2.24, 2.45) is 11.7 Å². The van der Waals surface area contributed by atoms with Crippen LogP contribution in [0.25, 0.3) is 11.0 Å². The number of benzene rings is 1. The summed E-state index contributed by atoms with van der Waals surface area (Å²) in [5, 5.41) is 1.07. The summed E-state index contributed by atoms with van der Waals surface area (Å²) >= 11 is 0. The first-order valence-electron chi connectivity index (χ1n) is 6.42. The first-order chi connectivity index (χ1) is 9.04.